The molecule has 0 atom stereocenters. The second kappa shape index (κ2) is 5.96. The van der Waals surface area contributed by atoms with Gasteiger partial charge in [0.25, 0.3) is 0 Å². The molecule has 1 aromatic rings. The lowest BCUT2D eigenvalue weighted by Crippen LogP contribution is -2.41. The van der Waals surface area contributed by atoms with Gasteiger partial charge in [-0.2, -0.15) is 0 Å². The second-order valence-electron chi connectivity index (χ2n) is 7.11. The number of aryl methyl sites for hydroxylation is 1. The van der Waals surface area contributed by atoms with Crippen LogP contribution in [-0.2, 0) is 6.42 Å². The lowest BCUT2D eigenvalue weighted by atomic mass is 9.88. The van der Waals surface area contributed by atoms with Crippen molar-refractivity contribution in [2.24, 2.45) is 0 Å². The molecule has 2 aliphatic carbocycles. The fourth-order valence-corrected chi connectivity index (χ4v) is 4.69. The Morgan fingerprint density at radius 3 is 2.62 bits per heavy atom. The molecule has 1 heteroatoms. The fraction of sp³-hybridized carbons (Fsp3) is 0.600. The fourth-order valence-electron chi connectivity index (χ4n) is 4.69. The van der Waals surface area contributed by atoms with Gasteiger partial charge in [0.15, 0.2) is 0 Å². The summed E-state index contributed by atoms with van der Waals surface area (Å²) in [6, 6.07) is 10.0. The van der Waals surface area contributed by atoms with Crippen molar-refractivity contribution >= 4 is 5.57 Å². The first-order valence-electron chi connectivity index (χ1n) is 8.95. The molecule has 112 valence electrons. The third kappa shape index (κ3) is 2.68. The average molecular weight is 281 g/mol. The summed E-state index contributed by atoms with van der Waals surface area (Å²) in [4.78, 5) is 2.81. The molecule has 1 saturated carbocycles. The van der Waals surface area contributed by atoms with Crippen LogP contribution in [0.2, 0.25) is 0 Å². The Hall–Kier alpha value is -1.08. The zero-order chi connectivity index (χ0) is 14.1. The summed E-state index contributed by atoms with van der Waals surface area (Å²) in [5.41, 5.74) is 6.63. The van der Waals surface area contributed by atoms with Gasteiger partial charge in [-0.15, -0.1) is 0 Å². The van der Waals surface area contributed by atoms with E-state index in [1.165, 1.54) is 70.9 Å². The highest BCUT2D eigenvalue weighted by atomic mass is 15.2. The monoisotopic (exact) mass is 281 g/mol. The first-order valence-corrected chi connectivity index (χ1v) is 8.95. The normalized spacial score (nSPS) is 24.4. The molecular weight excluding hydrogens is 254 g/mol. The largest absolute Gasteiger partial charge is 0.296 e. The van der Waals surface area contributed by atoms with Crippen molar-refractivity contribution in [1.82, 2.24) is 4.90 Å². The maximum Gasteiger partial charge on any atom is 0.0202 e. The molecule has 0 N–H and O–H groups in total. The first kappa shape index (κ1) is 13.6. The number of hydrogen-bond acceptors (Lipinski definition) is 1. The van der Waals surface area contributed by atoms with Crippen LogP contribution in [0.4, 0.5) is 0 Å². The van der Waals surface area contributed by atoms with Crippen LogP contribution < -0.4 is 0 Å². The van der Waals surface area contributed by atoms with Crippen LogP contribution in [0.1, 0.15) is 62.5 Å². The Kier molecular flexibility index (Phi) is 3.85. The van der Waals surface area contributed by atoms with Gasteiger partial charge in [-0.05, 0) is 55.2 Å². The number of benzene rings is 1. The highest BCUT2D eigenvalue weighted by Crippen LogP contribution is 2.37. The van der Waals surface area contributed by atoms with Gasteiger partial charge in [-0.25, -0.2) is 0 Å². The zero-order valence-electron chi connectivity index (χ0n) is 13.1. The smallest absolute Gasteiger partial charge is 0.0202 e. The lowest BCUT2D eigenvalue weighted by Gasteiger charge is -2.38. The minimum Gasteiger partial charge on any atom is -0.296 e. The molecule has 1 fully saturated rings. The van der Waals surface area contributed by atoms with Crippen LogP contribution in [0, 0.1) is 0 Å². The predicted molar refractivity (Wildman–Crippen MR) is 89.4 cm³/mol. The Labute approximate surface area is 129 Å². The highest BCUT2D eigenvalue weighted by molar-refractivity contribution is 5.73. The van der Waals surface area contributed by atoms with Crippen LogP contribution >= 0.6 is 0 Å². The van der Waals surface area contributed by atoms with E-state index in [1.807, 2.05) is 0 Å². The molecule has 0 aromatic heterocycles. The summed E-state index contributed by atoms with van der Waals surface area (Å²) in [6.45, 7) is 2.55. The maximum atomic E-state index is 2.81. The van der Waals surface area contributed by atoms with E-state index in [-0.39, 0.29) is 0 Å². The number of fused-ring (bicyclic) bond motifs is 2. The Morgan fingerprint density at radius 2 is 1.71 bits per heavy atom. The summed E-state index contributed by atoms with van der Waals surface area (Å²) in [5.74, 6) is 0. The first-order chi connectivity index (χ1) is 10.4. The van der Waals surface area contributed by atoms with E-state index in [9.17, 15) is 0 Å². The predicted octanol–water partition coefficient (Wildman–Crippen LogP) is 4.81. The molecule has 3 aliphatic rings. The summed E-state index contributed by atoms with van der Waals surface area (Å²) in [6.07, 6.45) is 12.5. The van der Waals surface area contributed by atoms with E-state index in [2.05, 4.69) is 29.2 Å². The van der Waals surface area contributed by atoms with Crippen LogP contribution in [0.15, 0.2) is 29.8 Å². The lowest BCUT2D eigenvalue weighted by molar-refractivity contribution is 0.166. The van der Waals surface area contributed by atoms with Crippen molar-refractivity contribution in [2.75, 3.05) is 13.1 Å². The molecule has 0 bridgehead atoms. The molecule has 0 saturated heterocycles. The van der Waals surface area contributed by atoms with Gasteiger partial charge in [0.2, 0.25) is 0 Å². The summed E-state index contributed by atoms with van der Waals surface area (Å²) < 4.78 is 0. The Morgan fingerprint density at radius 1 is 0.857 bits per heavy atom. The molecule has 1 aromatic carbocycles. The number of hydrogen-bond donors (Lipinski definition) is 0. The van der Waals surface area contributed by atoms with Crippen molar-refractivity contribution in [2.45, 2.75) is 63.8 Å². The third-order valence-corrected chi connectivity index (χ3v) is 5.83. The van der Waals surface area contributed by atoms with E-state index in [0.717, 1.165) is 6.04 Å². The maximum absolute atomic E-state index is 2.81. The Balaban J connectivity index is 1.59. The molecule has 0 unspecified atom stereocenters. The van der Waals surface area contributed by atoms with Gasteiger partial charge >= 0.3 is 0 Å². The summed E-state index contributed by atoms with van der Waals surface area (Å²) in [7, 11) is 0. The molecule has 0 spiro atoms. The van der Waals surface area contributed by atoms with E-state index in [1.54, 1.807) is 22.3 Å². The minimum atomic E-state index is 0.881. The number of rotatable bonds is 1. The van der Waals surface area contributed by atoms with E-state index in [0.29, 0.717) is 0 Å². The van der Waals surface area contributed by atoms with E-state index < -0.39 is 0 Å². The van der Waals surface area contributed by atoms with Crippen LogP contribution in [0.25, 0.3) is 5.57 Å². The van der Waals surface area contributed by atoms with Gasteiger partial charge in [0.05, 0.1) is 0 Å². The summed E-state index contributed by atoms with van der Waals surface area (Å²) in [5, 5.41) is 0. The third-order valence-electron chi connectivity index (χ3n) is 5.83. The highest BCUT2D eigenvalue weighted by Gasteiger charge is 2.28. The topological polar surface area (TPSA) is 3.24 Å². The quantitative estimate of drug-likeness (QED) is 0.713. The van der Waals surface area contributed by atoms with Gasteiger partial charge in [-0.1, -0.05) is 49.1 Å². The van der Waals surface area contributed by atoms with E-state index in [4.69, 9.17) is 0 Å². The molecule has 21 heavy (non-hydrogen) atoms. The van der Waals surface area contributed by atoms with Crippen LogP contribution in [0.3, 0.4) is 0 Å². The average Bonchev–Trinajstić information content (AvgIpc) is 2.74. The van der Waals surface area contributed by atoms with Crippen molar-refractivity contribution in [3.05, 3.63) is 41.0 Å². The Bertz CT molecular complexity index is 537. The van der Waals surface area contributed by atoms with Gasteiger partial charge in [-0.3, -0.25) is 4.90 Å². The molecule has 0 amide bonds. The van der Waals surface area contributed by atoms with E-state index >= 15 is 0 Å². The summed E-state index contributed by atoms with van der Waals surface area (Å²) >= 11 is 0. The van der Waals surface area contributed by atoms with Crippen molar-refractivity contribution < 1.29 is 0 Å². The van der Waals surface area contributed by atoms with Crippen molar-refractivity contribution in [3.63, 3.8) is 0 Å². The molecular formula is C20H27N. The van der Waals surface area contributed by atoms with Gasteiger partial charge < -0.3 is 0 Å². The van der Waals surface area contributed by atoms with Crippen molar-refractivity contribution in [3.8, 4) is 0 Å². The molecule has 1 nitrogen and oxygen atoms in total. The van der Waals surface area contributed by atoms with Crippen LogP contribution in [0.5, 0.6) is 0 Å². The minimum absolute atomic E-state index is 0.881. The van der Waals surface area contributed by atoms with Crippen LogP contribution in [-0.4, -0.2) is 24.0 Å². The SMILES string of the molecule is c1ccc2c(c1)CCCC1=C2CCN(C2CCCCC2)C1. The molecule has 0 radical (unpaired) electrons. The number of nitrogens with zero attached hydrogens (tertiary/aromatic N) is 1. The second-order valence-corrected chi connectivity index (χ2v) is 7.11. The molecule has 4 rings (SSSR count). The zero-order valence-corrected chi connectivity index (χ0v) is 13.1. The van der Waals surface area contributed by atoms with Gasteiger partial charge in [0.1, 0.15) is 0 Å². The van der Waals surface area contributed by atoms with Gasteiger partial charge in [0, 0.05) is 19.1 Å². The molecule has 1 heterocycles. The standard InChI is InChI=1S/C20H27N/c1-2-10-18(11-3-1)21-14-13-20-17(15-21)9-6-8-16-7-4-5-12-19(16)20/h4-5,7,12,18H,1-3,6,8-11,13-15H2. The van der Waals surface area contributed by atoms with Crippen molar-refractivity contribution in [1.29, 1.82) is 0 Å². The molecule has 1 aliphatic heterocycles.